The molecule has 0 aliphatic heterocycles. The lowest BCUT2D eigenvalue weighted by molar-refractivity contribution is 0.370. The van der Waals surface area contributed by atoms with E-state index in [-0.39, 0.29) is 29.7 Å². The highest BCUT2D eigenvalue weighted by Crippen LogP contribution is 2.29. The van der Waals surface area contributed by atoms with Crippen LogP contribution < -0.4 is 15.4 Å². The second-order valence-corrected chi connectivity index (χ2v) is 5.31. The fourth-order valence-corrected chi connectivity index (χ4v) is 2.11. The maximum absolute atomic E-state index is 10.0. The average molecular weight is 419 g/mol. The molecule has 6 heteroatoms. The number of guanidine groups is 1. The SMILES string of the molecule is CCNC(=NCC1CC1)NCCc1cccc(OC)c1O.I. The molecule has 2 rings (SSSR count). The third kappa shape index (κ3) is 5.90. The van der Waals surface area contributed by atoms with E-state index in [4.69, 9.17) is 4.74 Å². The van der Waals surface area contributed by atoms with E-state index in [1.807, 2.05) is 12.1 Å². The van der Waals surface area contributed by atoms with Crippen molar-refractivity contribution in [2.24, 2.45) is 10.9 Å². The molecule has 1 saturated carbocycles. The van der Waals surface area contributed by atoms with E-state index in [0.717, 1.165) is 43.5 Å². The molecule has 0 bridgehead atoms. The molecule has 0 saturated heterocycles. The van der Waals surface area contributed by atoms with Gasteiger partial charge in [0.25, 0.3) is 0 Å². The van der Waals surface area contributed by atoms with Gasteiger partial charge in [0.2, 0.25) is 0 Å². The third-order valence-corrected chi connectivity index (χ3v) is 3.54. The first-order chi connectivity index (χ1) is 10.2. The molecule has 0 amide bonds. The summed E-state index contributed by atoms with van der Waals surface area (Å²) in [5.41, 5.74) is 0.875. The van der Waals surface area contributed by atoms with Gasteiger partial charge in [-0.05, 0) is 43.7 Å². The number of aromatic hydroxyl groups is 1. The fraction of sp³-hybridized carbons (Fsp3) is 0.562. The van der Waals surface area contributed by atoms with Gasteiger partial charge in [0.1, 0.15) is 0 Å². The van der Waals surface area contributed by atoms with Gasteiger partial charge in [-0.3, -0.25) is 4.99 Å². The normalized spacial score (nSPS) is 14.2. The first-order valence-electron chi connectivity index (χ1n) is 7.61. The van der Waals surface area contributed by atoms with E-state index in [0.29, 0.717) is 5.75 Å². The molecule has 1 aliphatic carbocycles. The first-order valence-corrected chi connectivity index (χ1v) is 7.61. The number of phenols is 1. The first kappa shape index (κ1) is 18.9. The van der Waals surface area contributed by atoms with Gasteiger partial charge in [0.05, 0.1) is 7.11 Å². The number of hydrogen-bond acceptors (Lipinski definition) is 3. The van der Waals surface area contributed by atoms with Gasteiger partial charge in [-0.1, -0.05) is 12.1 Å². The zero-order chi connectivity index (χ0) is 15.1. The molecule has 0 unspecified atom stereocenters. The minimum absolute atomic E-state index is 0. The second-order valence-electron chi connectivity index (χ2n) is 5.31. The summed E-state index contributed by atoms with van der Waals surface area (Å²) >= 11 is 0. The van der Waals surface area contributed by atoms with Crippen molar-refractivity contribution < 1.29 is 9.84 Å². The molecule has 5 nitrogen and oxygen atoms in total. The van der Waals surface area contributed by atoms with Crippen molar-refractivity contribution in [2.75, 3.05) is 26.7 Å². The van der Waals surface area contributed by atoms with Crippen molar-refractivity contribution in [3.63, 3.8) is 0 Å². The standard InChI is InChI=1S/C16H25N3O2.HI/c1-3-17-16(19-11-12-7-8-12)18-10-9-13-5-4-6-14(21-2)15(13)20;/h4-6,12,20H,3,7-11H2,1-2H3,(H2,17,18,19);1H. The molecule has 3 N–H and O–H groups in total. The van der Waals surface area contributed by atoms with Crippen molar-refractivity contribution in [3.05, 3.63) is 23.8 Å². The molecular formula is C16H26IN3O2. The lowest BCUT2D eigenvalue weighted by Gasteiger charge is -2.12. The second kappa shape index (κ2) is 9.76. The van der Waals surface area contributed by atoms with Crippen LogP contribution in [-0.4, -0.2) is 37.8 Å². The summed E-state index contributed by atoms with van der Waals surface area (Å²) in [4.78, 5) is 4.57. The number of ether oxygens (including phenoxy) is 1. The molecule has 1 aromatic carbocycles. The van der Waals surface area contributed by atoms with Gasteiger partial charge >= 0.3 is 0 Å². The zero-order valence-electron chi connectivity index (χ0n) is 13.3. The van der Waals surface area contributed by atoms with Crippen molar-refractivity contribution in [3.8, 4) is 11.5 Å². The Morgan fingerprint density at radius 2 is 2.14 bits per heavy atom. The molecule has 1 aliphatic rings. The Labute approximate surface area is 149 Å². The van der Waals surface area contributed by atoms with Crippen LogP contribution in [0.2, 0.25) is 0 Å². The summed E-state index contributed by atoms with van der Waals surface area (Å²) < 4.78 is 5.12. The lowest BCUT2D eigenvalue weighted by atomic mass is 10.1. The van der Waals surface area contributed by atoms with E-state index < -0.39 is 0 Å². The number of nitrogens with zero attached hydrogens (tertiary/aromatic N) is 1. The summed E-state index contributed by atoms with van der Waals surface area (Å²) in [6, 6.07) is 5.56. The maximum atomic E-state index is 10.0. The van der Waals surface area contributed by atoms with Crippen molar-refractivity contribution in [1.82, 2.24) is 10.6 Å². The Kier molecular flexibility index (Phi) is 8.37. The molecule has 22 heavy (non-hydrogen) atoms. The maximum Gasteiger partial charge on any atom is 0.191 e. The van der Waals surface area contributed by atoms with Crippen LogP contribution in [0.4, 0.5) is 0 Å². The number of halogens is 1. The van der Waals surface area contributed by atoms with Gasteiger partial charge < -0.3 is 20.5 Å². The summed E-state index contributed by atoms with van der Waals surface area (Å²) in [6.07, 6.45) is 3.33. The summed E-state index contributed by atoms with van der Waals surface area (Å²) in [5.74, 6) is 2.37. The van der Waals surface area contributed by atoms with Crippen LogP contribution in [0.3, 0.4) is 0 Å². The Balaban J connectivity index is 0.00000242. The number of nitrogens with one attached hydrogen (secondary N) is 2. The van der Waals surface area contributed by atoms with Crippen LogP contribution in [0, 0.1) is 5.92 Å². The number of rotatable bonds is 7. The highest BCUT2D eigenvalue weighted by molar-refractivity contribution is 14.0. The van der Waals surface area contributed by atoms with Crippen molar-refractivity contribution in [2.45, 2.75) is 26.2 Å². The molecule has 0 atom stereocenters. The zero-order valence-corrected chi connectivity index (χ0v) is 15.6. The van der Waals surface area contributed by atoms with Gasteiger partial charge in [0, 0.05) is 19.6 Å². The Morgan fingerprint density at radius 1 is 1.36 bits per heavy atom. The van der Waals surface area contributed by atoms with E-state index in [1.165, 1.54) is 12.8 Å². The highest BCUT2D eigenvalue weighted by atomic mass is 127. The summed E-state index contributed by atoms with van der Waals surface area (Å²) in [7, 11) is 1.56. The Bertz CT molecular complexity index is 490. The topological polar surface area (TPSA) is 65.9 Å². The number of hydrogen-bond donors (Lipinski definition) is 3. The van der Waals surface area contributed by atoms with Crippen LogP contribution in [0.1, 0.15) is 25.3 Å². The number of methoxy groups -OCH3 is 1. The molecule has 0 radical (unpaired) electrons. The van der Waals surface area contributed by atoms with Gasteiger partial charge in [-0.15, -0.1) is 24.0 Å². The molecular weight excluding hydrogens is 393 g/mol. The fourth-order valence-electron chi connectivity index (χ4n) is 2.11. The van der Waals surface area contributed by atoms with Crippen LogP contribution in [-0.2, 0) is 6.42 Å². The molecule has 1 fully saturated rings. The Morgan fingerprint density at radius 3 is 2.77 bits per heavy atom. The quantitative estimate of drug-likeness (QED) is 0.361. The smallest absolute Gasteiger partial charge is 0.191 e. The van der Waals surface area contributed by atoms with Crippen LogP contribution >= 0.6 is 24.0 Å². The minimum Gasteiger partial charge on any atom is -0.504 e. The number of phenolic OH excluding ortho intramolecular Hbond substituents is 1. The van der Waals surface area contributed by atoms with Gasteiger partial charge in [0.15, 0.2) is 17.5 Å². The highest BCUT2D eigenvalue weighted by Gasteiger charge is 2.20. The number of para-hydroxylation sites is 1. The average Bonchev–Trinajstić information content (AvgIpc) is 3.30. The molecule has 0 spiro atoms. The van der Waals surface area contributed by atoms with E-state index in [9.17, 15) is 5.11 Å². The predicted molar refractivity (Wildman–Crippen MR) is 100 cm³/mol. The van der Waals surface area contributed by atoms with Crippen molar-refractivity contribution >= 4 is 29.9 Å². The van der Waals surface area contributed by atoms with Gasteiger partial charge in [-0.2, -0.15) is 0 Å². The van der Waals surface area contributed by atoms with Crippen LogP contribution in [0.5, 0.6) is 11.5 Å². The number of benzene rings is 1. The largest absolute Gasteiger partial charge is 0.504 e. The van der Waals surface area contributed by atoms with Crippen LogP contribution in [0.25, 0.3) is 0 Å². The predicted octanol–water partition coefficient (Wildman–Crippen LogP) is 2.53. The molecule has 0 heterocycles. The summed E-state index contributed by atoms with van der Waals surface area (Å²) in [6.45, 7) is 4.53. The van der Waals surface area contributed by atoms with E-state index in [2.05, 4.69) is 22.5 Å². The molecule has 0 aromatic heterocycles. The van der Waals surface area contributed by atoms with Gasteiger partial charge in [-0.25, -0.2) is 0 Å². The lowest BCUT2D eigenvalue weighted by Crippen LogP contribution is -2.38. The van der Waals surface area contributed by atoms with Crippen LogP contribution in [0.15, 0.2) is 23.2 Å². The Hall–Kier alpha value is -1.18. The number of aliphatic imine (C=N–C) groups is 1. The van der Waals surface area contributed by atoms with E-state index in [1.54, 1.807) is 13.2 Å². The summed E-state index contributed by atoms with van der Waals surface area (Å²) in [5, 5.41) is 16.6. The molecule has 1 aromatic rings. The monoisotopic (exact) mass is 419 g/mol. The molecule has 124 valence electrons. The minimum atomic E-state index is 0. The third-order valence-electron chi connectivity index (χ3n) is 3.54. The van der Waals surface area contributed by atoms with Crippen molar-refractivity contribution in [1.29, 1.82) is 0 Å². The van der Waals surface area contributed by atoms with E-state index >= 15 is 0 Å².